The third-order valence-corrected chi connectivity index (χ3v) is 3.56. The van der Waals surface area contributed by atoms with Crippen molar-refractivity contribution in [3.63, 3.8) is 0 Å². The Hall–Kier alpha value is -1.07. The van der Waals surface area contributed by atoms with Crippen LogP contribution in [0.1, 0.15) is 11.4 Å². The number of nitrogen functional groups attached to an aromatic ring is 1. The molecule has 0 radical (unpaired) electrons. The topological polar surface area (TPSA) is 56.7 Å². The fraction of sp³-hybridized carbons (Fsp3) is 0.200. The molecule has 0 saturated heterocycles. The zero-order valence-corrected chi connectivity index (χ0v) is 11.2. The van der Waals surface area contributed by atoms with Crippen LogP contribution in [-0.4, -0.2) is 14.8 Å². The van der Waals surface area contributed by atoms with Gasteiger partial charge in [0.15, 0.2) is 5.82 Å². The Labute approximate surface area is 107 Å². The third kappa shape index (κ3) is 1.92. The predicted molar refractivity (Wildman–Crippen MR) is 68.0 cm³/mol. The van der Waals surface area contributed by atoms with Crippen LogP contribution in [0.3, 0.4) is 0 Å². The van der Waals surface area contributed by atoms with Crippen LogP contribution >= 0.6 is 27.5 Å². The lowest BCUT2D eigenvalue weighted by Crippen LogP contribution is -2.03. The summed E-state index contributed by atoms with van der Waals surface area (Å²) in [7, 11) is 0. The minimum absolute atomic E-state index is 0.360. The molecular formula is C10H10BrClN4. The number of rotatable bonds is 1. The van der Waals surface area contributed by atoms with Gasteiger partial charge >= 0.3 is 0 Å². The van der Waals surface area contributed by atoms with Crippen LogP contribution in [0.4, 0.5) is 5.69 Å². The Morgan fingerprint density at radius 3 is 2.56 bits per heavy atom. The van der Waals surface area contributed by atoms with Gasteiger partial charge < -0.3 is 5.73 Å². The molecule has 84 valence electrons. The van der Waals surface area contributed by atoms with E-state index >= 15 is 0 Å². The Kier molecular flexibility index (Phi) is 2.90. The maximum atomic E-state index is 5.86. The highest BCUT2D eigenvalue weighted by Crippen LogP contribution is 2.23. The quantitative estimate of drug-likeness (QED) is 0.824. The van der Waals surface area contributed by atoms with E-state index in [1.165, 1.54) is 0 Å². The maximum Gasteiger partial charge on any atom is 0.157 e. The molecule has 0 aliphatic heterocycles. The van der Waals surface area contributed by atoms with Gasteiger partial charge in [0, 0.05) is 11.8 Å². The number of nitrogens with two attached hydrogens (primary N) is 1. The van der Waals surface area contributed by atoms with Crippen LogP contribution in [0.5, 0.6) is 0 Å². The zero-order valence-electron chi connectivity index (χ0n) is 8.83. The number of hydrogen-bond acceptors (Lipinski definition) is 3. The summed E-state index contributed by atoms with van der Waals surface area (Å²) in [6.45, 7) is 3.87. The van der Waals surface area contributed by atoms with Crippen LogP contribution in [0.25, 0.3) is 5.82 Å². The number of hydrogen-bond donors (Lipinski definition) is 1. The van der Waals surface area contributed by atoms with Gasteiger partial charge in [0.2, 0.25) is 0 Å². The second-order valence-corrected chi connectivity index (χ2v) is 4.66. The number of nitrogens with zero attached hydrogens (tertiary/aromatic N) is 3. The predicted octanol–water partition coefficient (Wildman–Crippen LogP) is 2.88. The first-order chi connectivity index (χ1) is 7.49. The van der Waals surface area contributed by atoms with E-state index < -0.39 is 0 Å². The fourth-order valence-corrected chi connectivity index (χ4v) is 1.92. The molecule has 0 saturated carbocycles. The highest BCUT2D eigenvalue weighted by molar-refractivity contribution is 9.10. The number of halogens is 2. The highest BCUT2D eigenvalue weighted by Gasteiger charge is 2.11. The standard InChI is InChI=1S/C10H10BrClN4/c1-5-10(11)6(2)16(15-5)9-4-7(13)3-8(12)14-9/h3-4H,1-2H3,(H2,13,14). The summed E-state index contributed by atoms with van der Waals surface area (Å²) in [6.07, 6.45) is 0. The largest absolute Gasteiger partial charge is 0.399 e. The van der Waals surface area contributed by atoms with Gasteiger partial charge in [0.25, 0.3) is 0 Å². The first kappa shape index (κ1) is 11.4. The first-order valence-electron chi connectivity index (χ1n) is 4.64. The Bertz CT molecular complexity index is 530. The fourth-order valence-electron chi connectivity index (χ4n) is 1.46. The summed E-state index contributed by atoms with van der Waals surface area (Å²) >= 11 is 9.31. The summed E-state index contributed by atoms with van der Waals surface area (Å²) in [6, 6.07) is 3.34. The molecule has 0 amide bonds. The molecule has 2 aromatic heterocycles. The Morgan fingerprint density at radius 2 is 2.06 bits per heavy atom. The van der Waals surface area contributed by atoms with Gasteiger partial charge in [-0.15, -0.1) is 0 Å². The molecule has 2 rings (SSSR count). The zero-order chi connectivity index (χ0) is 11.9. The van der Waals surface area contributed by atoms with E-state index in [-0.39, 0.29) is 0 Å². The van der Waals surface area contributed by atoms with Crippen LogP contribution < -0.4 is 5.73 Å². The Balaban J connectivity index is 2.62. The molecule has 0 atom stereocenters. The Morgan fingerprint density at radius 1 is 1.38 bits per heavy atom. The SMILES string of the molecule is Cc1nn(-c2cc(N)cc(Cl)n2)c(C)c1Br. The summed E-state index contributed by atoms with van der Waals surface area (Å²) in [5, 5.41) is 4.72. The first-order valence-corrected chi connectivity index (χ1v) is 5.81. The molecule has 0 unspecified atom stereocenters. The summed E-state index contributed by atoms with van der Waals surface area (Å²) in [5.74, 6) is 0.622. The van der Waals surface area contributed by atoms with Crippen LogP contribution in [0.2, 0.25) is 5.15 Å². The van der Waals surface area contributed by atoms with E-state index in [1.807, 2.05) is 13.8 Å². The molecule has 0 fully saturated rings. The molecule has 6 heteroatoms. The van der Waals surface area contributed by atoms with Gasteiger partial charge in [-0.2, -0.15) is 5.10 Å². The van der Waals surface area contributed by atoms with E-state index in [2.05, 4.69) is 26.0 Å². The van der Waals surface area contributed by atoms with Crippen molar-refractivity contribution >= 4 is 33.2 Å². The van der Waals surface area contributed by atoms with Crippen molar-refractivity contribution in [2.45, 2.75) is 13.8 Å². The summed E-state index contributed by atoms with van der Waals surface area (Å²) < 4.78 is 2.68. The molecule has 4 nitrogen and oxygen atoms in total. The lowest BCUT2D eigenvalue weighted by Gasteiger charge is -2.04. The van der Waals surface area contributed by atoms with Gasteiger partial charge in [0.05, 0.1) is 15.9 Å². The van der Waals surface area contributed by atoms with Crippen molar-refractivity contribution in [2.75, 3.05) is 5.73 Å². The maximum absolute atomic E-state index is 5.86. The van der Waals surface area contributed by atoms with Crippen LogP contribution in [0.15, 0.2) is 16.6 Å². The average molecular weight is 302 g/mol. The molecule has 0 aliphatic carbocycles. The molecule has 2 N–H and O–H groups in total. The molecule has 0 aliphatic rings. The minimum atomic E-state index is 0.360. The lowest BCUT2D eigenvalue weighted by atomic mass is 10.4. The second-order valence-electron chi connectivity index (χ2n) is 3.48. The number of aryl methyl sites for hydroxylation is 1. The van der Waals surface area contributed by atoms with E-state index in [1.54, 1.807) is 16.8 Å². The smallest absolute Gasteiger partial charge is 0.157 e. The molecule has 16 heavy (non-hydrogen) atoms. The van der Waals surface area contributed by atoms with E-state index in [9.17, 15) is 0 Å². The van der Waals surface area contributed by atoms with Crippen molar-refractivity contribution in [1.29, 1.82) is 0 Å². The third-order valence-electron chi connectivity index (χ3n) is 2.22. The summed E-state index contributed by atoms with van der Waals surface area (Å²) in [5.41, 5.74) is 8.15. The van der Waals surface area contributed by atoms with Gasteiger partial charge in [-0.25, -0.2) is 9.67 Å². The second kappa shape index (κ2) is 4.07. The van der Waals surface area contributed by atoms with E-state index in [0.29, 0.717) is 16.7 Å². The number of anilines is 1. The van der Waals surface area contributed by atoms with Crippen molar-refractivity contribution < 1.29 is 0 Å². The molecule has 0 aromatic carbocycles. The molecule has 0 bridgehead atoms. The van der Waals surface area contributed by atoms with Crippen molar-refractivity contribution in [1.82, 2.24) is 14.8 Å². The number of pyridine rings is 1. The van der Waals surface area contributed by atoms with Crippen molar-refractivity contribution in [3.8, 4) is 5.82 Å². The lowest BCUT2D eigenvalue weighted by molar-refractivity contribution is 0.806. The average Bonchev–Trinajstić information content (AvgIpc) is 2.44. The summed E-state index contributed by atoms with van der Waals surface area (Å²) in [4.78, 5) is 4.18. The van der Waals surface area contributed by atoms with Crippen LogP contribution in [-0.2, 0) is 0 Å². The highest BCUT2D eigenvalue weighted by atomic mass is 79.9. The molecular weight excluding hydrogens is 291 g/mol. The van der Waals surface area contributed by atoms with Gasteiger partial charge in [0.1, 0.15) is 5.15 Å². The van der Waals surface area contributed by atoms with Gasteiger partial charge in [-0.1, -0.05) is 11.6 Å². The van der Waals surface area contributed by atoms with Crippen molar-refractivity contribution in [2.24, 2.45) is 0 Å². The molecule has 2 heterocycles. The van der Waals surface area contributed by atoms with Crippen LogP contribution in [0, 0.1) is 13.8 Å². The normalized spacial score (nSPS) is 10.8. The van der Waals surface area contributed by atoms with E-state index in [0.717, 1.165) is 15.9 Å². The minimum Gasteiger partial charge on any atom is -0.399 e. The van der Waals surface area contributed by atoms with Gasteiger partial charge in [-0.05, 0) is 35.8 Å². The molecule has 2 aromatic rings. The monoisotopic (exact) mass is 300 g/mol. The number of aromatic nitrogens is 3. The van der Waals surface area contributed by atoms with Gasteiger partial charge in [-0.3, -0.25) is 0 Å². The molecule has 0 spiro atoms. The van der Waals surface area contributed by atoms with Crippen molar-refractivity contribution in [3.05, 3.63) is 33.1 Å². The van der Waals surface area contributed by atoms with E-state index in [4.69, 9.17) is 17.3 Å².